The van der Waals surface area contributed by atoms with E-state index < -0.39 is 10.0 Å². The van der Waals surface area contributed by atoms with Crippen LogP contribution in [0.25, 0.3) is 0 Å². The molecule has 28 heavy (non-hydrogen) atoms. The summed E-state index contributed by atoms with van der Waals surface area (Å²) < 4.78 is 27.7. The average Bonchev–Trinajstić information content (AvgIpc) is 2.69. The quantitative estimate of drug-likeness (QED) is 0.835. The van der Waals surface area contributed by atoms with Crippen LogP contribution in [0.5, 0.6) is 0 Å². The maximum atomic E-state index is 13.1. The molecule has 1 heterocycles. The van der Waals surface area contributed by atoms with Crippen LogP contribution in [-0.2, 0) is 10.0 Å². The number of sulfonamides is 1. The van der Waals surface area contributed by atoms with Crippen molar-refractivity contribution < 1.29 is 13.2 Å². The second kappa shape index (κ2) is 8.43. The lowest BCUT2D eigenvalue weighted by Crippen LogP contribution is -2.47. The number of nitrogens with one attached hydrogen (secondary N) is 1. The number of likely N-dealkylation sites (N-methyl/N-ethyl adjacent to an activating group) is 1. The number of nitrogens with zero attached hydrogens (tertiary/aromatic N) is 2. The largest absolute Gasteiger partial charge is 0.346 e. The zero-order chi connectivity index (χ0) is 20.3. The van der Waals surface area contributed by atoms with Gasteiger partial charge < -0.3 is 10.2 Å². The van der Waals surface area contributed by atoms with Gasteiger partial charge in [0, 0.05) is 31.7 Å². The van der Waals surface area contributed by atoms with E-state index in [0.717, 1.165) is 5.56 Å². The fraction of sp³-hybridized carbons (Fsp3) is 0.381. The molecule has 0 bridgehead atoms. The van der Waals surface area contributed by atoms with E-state index in [0.29, 0.717) is 37.3 Å². The first-order chi connectivity index (χ1) is 13.3. The third-order valence-corrected chi connectivity index (χ3v) is 7.22. The van der Waals surface area contributed by atoms with Gasteiger partial charge in [-0.05, 0) is 44.2 Å². The van der Waals surface area contributed by atoms with Gasteiger partial charge in [0.25, 0.3) is 5.91 Å². The molecule has 1 fully saturated rings. The van der Waals surface area contributed by atoms with Crippen LogP contribution in [0.3, 0.4) is 0 Å². The van der Waals surface area contributed by atoms with Crippen molar-refractivity contribution in [1.82, 2.24) is 14.5 Å². The van der Waals surface area contributed by atoms with Gasteiger partial charge in [-0.15, -0.1) is 0 Å². The van der Waals surface area contributed by atoms with Gasteiger partial charge in [-0.3, -0.25) is 4.79 Å². The molecular weight excluding hydrogens is 374 g/mol. The molecule has 1 aliphatic heterocycles. The van der Waals surface area contributed by atoms with E-state index in [2.05, 4.69) is 10.2 Å². The van der Waals surface area contributed by atoms with Crippen molar-refractivity contribution in [2.75, 3.05) is 33.2 Å². The number of carbonyl (C=O) groups excluding carboxylic acids is 1. The van der Waals surface area contributed by atoms with Crippen molar-refractivity contribution in [3.8, 4) is 0 Å². The maximum absolute atomic E-state index is 13.1. The van der Waals surface area contributed by atoms with Crippen molar-refractivity contribution >= 4 is 15.9 Å². The first kappa shape index (κ1) is 20.5. The van der Waals surface area contributed by atoms with Crippen LogP contribution in [0.15, 0.2) is 53.4 Å². The first-order valence-corrected chi connectivity index (χ1v) is 10.9. The average molecular weight is 402 g/mol. The minimum absolute atomic E-state index is 0.173. The van der Waals surface area contributed by atoms with E-state index >= 15 is 0 Å². The summed E-state index contributed by atoms with van der Waals surface area (Å²) in [6, 6.07) is 14.4. The normalized spacial score (nSPS) is 17.2. The third-order valence-electron chi connectivity index (χ3n) is 5.18. The van der Waals surface area contributed by atoms with E-state index in [9.17, 15) is 13.2 Å². The second-order valence-corrected chi connectivity index (χ2v) is 9.20. The lowest BCUT2D eigenvalue weighted by molar-refractivity contribution is 0.0939. The number of carbonyl (C=O) groups is 1. The van der Waals surface area contributed by atoms with Gasteiger partial charge in [-0.1, -0.05) is 36.4 Å². The molecule has 0 aliphatic carbocycles. The van der Waals surface area contributed by atoms with E-state index in [1.807, 2.05) is 44.3 Å². The molecule has 1 atom stereocenters. The van der Waals surface area contributed by atoms with E-state index in [-0.39, 0.29) is 16.8 Å². The minimum atomic E-state index is -3.63. The highest BCUT2D eigenvalue weighted by Crippen LogP contribution is 2.23. The van der Waals surface area contributed by atoms with Crippen molar-refractivity contribution in [3.63, 3.8) is 0 Å². The van der Waals surface area contributed by atoms with E-state index in [4.69, 9.17) is 0 Å². The summed E-state index contributed by atoms with van der Waals surface area (Å²) in [6.07, 6.45) is 0. The molecule has 1 amide bonds. The summed E-state index contributed by atoms with van der Waals surface area (Å²) in [4.78, 5) is 15.0. The van der Waals surface area contributed by atoms with Gasteiger partial charge in [0.1, 0.15) is 0 Å². The zero-order valence-electron chi connectivity index (χ0n) is 16.6. The van der Waals surface area contributed by atoms with Gasteiger partial charge >= 0.3 is 0 Å². The van der Waals surface area contributed by atoms with E-state index in [1.54, 1.807) is 19.1 Å². The standard InChI is InChI=1S/C21H27N3O3S/c1-16-9-10-19(21(25)22-17(2)18-7-5-4-6-8-18)15-20(16)28(26,27)24-13-11-23(3)12-14-24/h4-10,15,17H,11-14H2,1-3H3,(H,22,25). The number of aryl methyl sites for hydroxylation is 1. The molecule has 0 aromatic heterocycles. The Balaban J connectivity index is 1.82. The molecule has 3 rings (SSSR count). The second-order valence-electron chi connectivity index (χ2n) is 7.29. The highest BCUT2D eigenvalue weighted by molar-refractivity contribution is 7.89. The van der Waals surface area contributed by atoms with Crippen molar-refractivity contribution in [2.45, 2.75) is 24.8 Å². The lowest BCUT2D eigenvalue weighted by atomic mass is 10.1. The van der Waals surface area contributed by atoms with Crippen LogP contribution in [0.2, 0.25) is 0 Å². The Morgan fingerprint density at radius 3 is 2.32 bits per heavy atom. The molecule has 0 radical (unpaired) electrons. The topological polar surface area (TPSA) is 69.7 Å². The number of hydrogen-bond acceptors (Lipinski definition) is 4. The molecule has 1 saturated heterocycles. The molecule has 6 nitrogen and oxygen atoms in total. The number of amides is 1. The molecule has 2 aromatic rings. The molecule has 0 saturated carbocycles. The predicted molar refractivity (Wildman–Crippen MR) is 110 cm³/mol. The van der Waals surface area contributed by atoms with Gasteiger partial charge in [0.15, 0.2) is 0 Å². The van der Waals surface area contributed by atoms with Crippen LogP contribution in [-0.4, -0.2) is 56.8 Å². The molecule has 7 heteroatoms. The van der Waals surface area contributed by atoms with E-state index in [1.165, 1.54) is 10.4 Å². The van der Waals surface area contributed by atoms with Crippen LogP contribution in [0, 0.1) is 6.92 Å². The highest BCUT2D eigenvalue weighted by atomic mass is 32.2. The molecule has 1 unspecified atom stereocenters. The van der Waals surface area contributed by atoms with Crippen LogP contribution in [0.4, 0.5) is 0 Å². The van der Waals surface area contributed by atoms with Crippen molar-refractivity contribution in [2.24, 2.45) is 0 Å². The SMILES string of the molecule is Cc1ccc(C(=O)NC(C)c2ccccc2)cc1S(=O)(=O)N1CCN(C)CC1. The van der Waals surface area contributed by atoms with Gasteiger partial charge in [0.2, 0.25) is 10.0 Å². The predicted octanol–water partition coefficient (Wildman–Crippen LogP) is 2.42. The highest BCUT2D eigenvalue weighted by Gasteiger charge is 2.29. The molecular formula is C21H27N3O3S. The molecule has 0 spiro atoms. The molecule has 150 valence electrons. The Morgan fingerprint density at radius 1 is 1.04 bits per heavy atom. The first-order valence-electron chi connectivity index (χ1n) is 9.44. The van der Waals surface area contributed by atoms with Gasteiger partial charge in [0.05, 0.1) is 10.9 Å². The third kappa shape index (κ3) is 4.43. The number of benzene rings is 2. The lowest BCUT2D eigenvalue weighted by Gasteiger charge is -2.32. The summed E-state index contributed by atoms with van der Waals surface area (Å²) in [5.41, 5.74) is 1.99. The Labute approximate surface area is 167 Å². The Morgan fingerprint density at radius 2 is 1.68 bits per heavy atom. The number of piperazine rings is 1. The van der Waals surface area contributed by atoms with Crippen molar-refractivity contribution in [1.29, 1.82) is 0 Å². The smallest absolute Gasteiger partial charge is 0.251 e. The summed E-state index contributed by atoms with van der Waals surface area (Å²) in [5.74, 6) is -0.286. The zero-order valence-corrected chi connectivity index (χ0v) is 17.4. The molecule has 1 N–H and O–H groups in total. The molecule has 2 aromatic carbocycles. The fourth-order valence-corrected chi connectivity index (χ4v) is 4.96. The van der Waals surface area contributed by atoms with Crippen LogP contribution in [0.1, 0.15) is 34.5 Å². The summed E-state index contributed by atoms with van der Waals surface area (Å²) in [7, 11) is -1.65. The van der Waals surface area contributed by atoms with Crippen molar-refractivity contribution in [3.05, 3.63) is 65.2 Å². The number of rotatable bonds is 5. The Bertz CT molecular complexity index is 937. The summed E-state index contributed by atoms with van der Waals surface area (Å²) >= 11 is 0. The monoisotopic (exact) mass is 401 g/mol. The summed E-state index contributed by atoms with van der Waals surface area (Å²) in [5, 5.41) is 2.94. The van der Waals surface area contributed by atoms with Gasteiger partial charge in [-0.2, -0.15) is 4.31 Å². The summed E-state index contributed by atoms with van der Waals surface area (Å²) in [6.45, 7) is 5.99. The minimum Gasteiger partial charge on any atom is -0.346 e. The van der Waals surface area contributed by atoms with Crippen LogP contribution < -0.4 is 5.32 Å². The Kier molecular flexibility index (Phi) is 6.17. The van der Waals surface area contributed by atoms with Gasteiger partial charge in [-0.25, -0.2) is 8.42 Å². The fourth-order valence-electron chi connectivity index (χ4n) is 3.29. The van der Waals surface area contributed by atoms with Crippen LogP contribution >= 0.6 is 0 Å². The maximum Gasteiger partial charge on any atom is 0.251 e. The molecule has 1 aliphatic rings. The Hall–Kier alpha value is -2.22. The number of hydrogen-bond donors (Lipinski definition) is 1.